The van der Waals surface area contributed by atoms with Crippen molar-refractivity contribution in [1.29, 1.82) is 0 Å². The second-order valence-electron chi connectivity index (χ2n) is 8.13. The van der Waals surface area contributed by atoms with Crippen LogP contribution in [0.2, 0.25) is 0 Å². The zero-order chi connectivity index (χ0) is 22.7. The number of nitrogens with one attached hydrogen (secondary N) is 1. The zero-order valence-electron chi connectivity index (χ0n) is 18.3. The minimum Gasteiger partial charge on any atom is -0.481 e. The summed E-state index contributed by atoms with van der Waals surface area (Å²) in [7, 11) is 1.54. The number of imidazole rings is 1. The van der Waals surface area contributed by atoms with Crippen molar-refractivity contribution in [3.05, 3.63) is 58.2 Å². The fourth-order valence-corrected chi connectivity index (χ4v) is 4.17. The number of methoxy groups -OCH3 is 1. The third kappa shape index (κ3) is 4.56. The van der Waals surface area contributed by atoms with Gasteiger partial charge in [-0.05, 0) is 38.7 Å². The van der Waals surface area contributed by atoms with Crippen molar-refractivity contribution in [3.8, 4) is 5.88 Å². The van der Waals surface area contributed by atoms with Crippen LogP contribution in [0.3, 0.4) is 0 Å². The number of aromatic amines is 1. The molecule has 1 aliphatic rings. The highest BCUT2D eigenvalue weighted by Gasteiger charge is 2.28. The number of hydrogen-bond donors (Lipinski definition) is 1. The molecule has 0 unspecified atom stereocenters. The third-order valence-corrected chi connectivity index (χ3v) is 6.06. The van der Waals surface area contributed by atoms with Gasteiger partial charge >= 0.3 is 0 Å². The molecule has 3 aromatic heterocycles. The van der Waals surface area contributed by atoms with Gasteiger partial charge in [0.15, 0.2) is 5.78 Å². The van der Waals surface area contributed by atoms with Gasteiger partial charge in [-0.15, -0.1) is 0 Å². The largest absolute Gasteiger partial charge is 0.481 e. The van der Waals surface area contributed by atoms with E-state index in [9.17, 15) is 14.4 Å². The first-order chi connectivity index (χ1) is 15.5. The Hall–Kier alpha value is -3.49. The molecule has 9 nitrogen and oxygen atoms in total. The smallest absolute Gasteiger partial charge is 0.274 e. The lowest BCUT2D eigenvalue weighted by atomic mass is 9.89. The number of carbonyl (C=O) groups is 2. The summed E-state index contributed by atoms with van der Waals surface area (Å²) in [5.74, 6) is 1.30. The van der Waals surface area contributed by atoms with E-state index in [1.165, 1.54) is 7.11 Å². The molecule has 3 aromatic rings. The van der Waals surface area contributed by atoms with Crippen molar-refractivity contribution >= 4 is 17.2 Å². The first-order valence-electron chi connectivity index (χ1n) is 10.8. The lowest BCUT2D eigenvalue weighted by Crippen LogP contribution is -2.40. The second kappa shape index (κ2) is 9.33. The Morgan fingerprint density at radius 2 is 1.97 bits per heavy atom. The Labute approximate surface area is 185 Å². The number of hydrogen-bond acceptors (Lipinski definition) is 6. The number of aryl methyl sites for hydroxylation is 2. The molecule has 0 spiro atoms. The number of H-pyrrole nitrogens is 1. The molecule has 0 aromatic carbocycles. The Kier molecular flexibility index (Phi) is 6.34. The number of pyridine rings is 1. The number of carbonyl (C=O) groups excluding carboxylic acids is 2. The van der Waals surface area contributed by atoms with Crippen molar-refractivity contribution in [2.45, 2.75) is 39.0 Å². The molecule has 0 bridgehead atoms. The normalized spacial score (nSPS) is 14.6. The van der Waals surface area contributed by atoms with Crippen LogP contribution in [0.4, 0.5) is 0 Å². The summed E-state index contributed by atoms with van der Waals surface area (Å²) in [6.07, 6.45) is 7.94. The molecule has 0 radical (unpaired) electrons. The number of rotatable bonds is 7. The number of Topliss-reactive ketones (excluding diaryl/α,β-unsaturated/α-hetero) is 1. The molecular formula is C23H27N5O4. The predicted octanol–water partition coefficient (Wildman–Crippen LogP) is 2.18. The van der Waals surface area contributed by atoms with Crippen LogP contribution in [0.15, 0.2) is 35.5 Å². The minimum absolute atomic E-state index is 0.0707. The maximum Gasteiger partial charge on any atom is 0.274 e. The molecule has 0 aliphatic carbocycles. The highest BCUT2D eigenvalue weighted by atomic mass is 16.5. The fraction of sp³-hybridized carbons (Fsp3) is 0.435. The molecular weight excluding hydrogens is 410 g/mol. The summed E-state index contributed by atoms with van der Waals surface area (Å²) >= 11 is 0. The molecule has 9 heteroatoms. The molecule has 1 fully saturated rings. The van der Waals surface area contributed by atoms with Crippen LogP contribution in [-0.4, -0.2) is 56.1 Å². The van der Waals surface area contributed by atoms with Gasteiger partial charge in [0.2, 0.25) is 11.8 Å². The molecule has 32 heavy (non-hydrogen) atoms. The first kappa shape index (κ1) is 21.7. The molecule has 0 atom stereocenters. The number of piperidine rings is 1. The molecule has 168 valence electrons. The van der Waals surface area contributed by atoms with E-state index in [4.69, 9.17) is 4.74 Å². The maximum absolute atomic E-state index is 12.7. The van der Waals surface area contributed by atoms with Crippen LogP contribution in [0, 0.1) is 12.8 Å². The lowest BCUT2D eigenvalue weighted by molar-refractivity contribution is -0.132. The van der Waals surface area contributed by atoms with E-state index in [0.717, 1.165) is 11.5 Å². The van der Waals surface area contributed by atoms with Gasteiger partial charge in [0, 0.05) is 55.1 Å². The Balaban J connectivity index is 1.26. The summed E-state index contributed by atoms with van der Waals surface area (Å²) in [5, 5.41) is 0. The van der Waals surface area contributed by atoms with E-state index in [2.05, 4.69) is 15.0 Å². The number of amides is 1. The van der Waals surface area contributed by atoms with Gasteiger partial charge < -0.3 is 14.6 Å². The summed E-state index contributed by atoms with van der Waals surface area (Å²) in [6, 6.07) is 3.42. The highest BCUT2D eigenvalue weighted by Crippen LogP contribution is 2.23. The van der Waals surface area contributed by atoms with E-state index in [1.54, 1.807) is 28.9 Å². The average Bonchev–Trinajstić information content (AvgIpc) is 3.20. The summed E-state index contributed by atoms with van der Waals surface area (Å²) < 4.78 is 6.81. The van der Waals surface area contributed by atoms with Crippen LogP contribution in [0.1, 0.15) is 47.6 Å². The number of nitrogens with zero attached hydrogens (tertiary/aromatic N) is 4. The molecule has 1 saturated heterocycles. The van der Waals surface area contributed by atoms with E-state index in [0.29, 0.717) is 62.2 Å². The summed E-state index contributed by atoms with van der Waals surface area (Å²) in [6.45, 7) is 3.00. The standard InChI is InChI=1S/C23H27N5O4/c1-15-24-13-19-23(31)26-18(14-28(15)19)4-3-5-21(29)27-10-8-16(9-11-27)22(30)17-6-7-20(32-2)25-12-17/h6-7,12-14,16H,3-5,8-11H2,1-2H3,(H,26,31). The van der Waals surface area contributed by atoms with Crippen LogP contribution in [-0.2, 0) is 11.2 Å². The van der Waals surface area contributed by atoms with Crippen molar-refractivity contribution in [3.63, 3.8) is 0 Å². The molecule has 0 saturated carbocycles. The highest BCUT2D eigenvalue weighted by molar-refractivity contribution is 5.97. The number of fused-ring (bicyclic) bond motifs is 1. The maximum atomic E-state index is 12.7. The van der Waals surface area contributed by atoms with E-state index >= 15 is 0 Å². The van der Waals surface area contributed by atoms with Crippen LogP contribution in [0.5, 0.6) is 5.88 Å². The van der Waals surface area contributed by atoms with Crippen LogP contribution < -0.4 is 10.3 Å². The van der Waals surface area contributed by atoms with Gasteiger partial charge in [0.25, 0.3) is 5.56 Å². The zero-order valence-corrected chi connectivity index (χ0v) is 18.3. The Bertz CT molecular complexity index is 1170. The summed E-state index contributed by atoms with van der Waals surface area (Å²) in [5.41, 5.74) is 1.71. The monoisotopic (exact) mass is 437 g/mol. The van der Waals surface area contributed by atoms with E-state index < -0.39 is 0 Å². The molecule has 1 amide bonds. The Morgan fingerprint density at radius 3 is 2.66 bits per heavy atom. The van der Waals surface area contributed by atoms with Crippen molar-refractivity contribution < 1.29 is 14.3 Å². The van der Waals surface area contributed by atoms with E-state index in [-0.39, 0.29) is 23.2 Å². The van der Waals surface area contributed by atoms with Gasteiger partial charge in [-0.25, -0.2) is 9.97 Å². The lowest BCUT2D eigenvalue weighted by Gasteiger charge is -2.31. The number of aromatic nitrogens is 4. The topological polar surface area (TPSA) is 110 Å². The minimum atomic E-state index is -0.173. The predicted molar refractivity (Wildman–Crippen MR) is 118 cm³/mol. The second-order valence-corrected chi connectivity index (χ2v) is 8.13. The third-order valence-electron chi connectivity index (χ3n) is 6.06. The van der Waals surface area contributed by atoms with Crippen molar-refractivity contribution in [1.82, 2.24) is 24.3 Å². The van der Waals surface area contributed by atoms with E-state index in [1.807, 2.05) is 18.0 Å². The quantitative estimate of drug-likeness (QED) is 0.568. The molecule has 4 heterocycles. The Morgan fingerprint density at radius 1 is 1.19 bits per heavy atom. The van der Waals surface area contributed by atoms with Crippen LogP contribution in [0.25, 0.3) is 5.52 Å². The summed E-state index contributed by atoms with van der Waals surface area (Å²) in [4.78, 5) is 50.5. The molecule has 4 rings (SSSR count). The van der Waals surface area contributed by atoms with Gasteiger partial charge in [-0.1, -0.05) is 0 Å². The van der Waals surface area contributed by atoms with Gasteiger partial charge in [-0.3, -0.25) is 18.8 Å². The van der Waals surface area contributed by atoms with Gasteiger partial charge in [-0.2, -0.15) is 0 Å². The molecule has 1 N–H and O–H groups in total. The average molecular weight is 438 g/mol. The number of ketones is 1. The fourth-order valence-electron chi connectivity index (χ4n) is 4.17. The van der Waals surface area contributed by atoms with Crippen LogP contribution >= 0.6 is 0 Å². The molecule has 1 aliphatic heterocycles. The van der Waals surface area contributed by atoms with Gasteiger partial charge in [0.05, 0.1) is 13.3 Å². The van der Waals surface area contributed by atoms with Gasteiger partial charge in [0.1, 0.15) is 11.3 Å². The number of likely N-dealkylation sites (tertiary alicyclic amines) is 1. The van der Waals surface area contributed by atoms with Crippen molar-refractivity contribution in [2.75, 3.05) is 20.2 Å². The van der Waals surface area contributed by atoms with Crippen molar-refractivity contribution in [2.24, 2.45) is 5.92 Å². The SMILES string of the molecule is COc1ccc(C(=O)C2CCN(C(=O)CCCc3cn4c(C)ncc4c(=O)[nH]3)CC2)cn1. The number of ether oxygens (including phenoxy) is 1. The first-order valence-corrected chi connectivity index (χ1v) is 10.8.